The summed E-state index contributed by atoms with van der Waals surface area (Å²) in [6, 6.07) is 2.78. The van der Waals surface area contributed by atoms with Gasteiger partial charge in [-0.05, 0) is 57.0 Å². The number of hydrogen-bond donors (Lipinski definition) is 3. The molecule has 1 spiro atoms. The number of ketones is 1. The minimum atomic E-state index is -2.61. The molecule has 1 aromatic rings. The lowest BCUT2D eigenvalue weighted by atomic mass is 9.49. The average molecular weight is 643 g/mol. The van der Waals surface area contributed by atoms with Crippen molar-refractivity contribution in [1.82, 2.24) is 0 Å². The van der Waals surface area contributed by atoms with Gasteiger partial charge in [-0.3, -0.25) is 9.59 Å². The Bertz CT molecular complexity index is 1670. The van der Waals surface area contributed by atoms with E-state index in [9.17, 15) is 29.7 Å². The number of benzene rings is 1. The molecule has 2 heterocycles. The van der Waals surface area contributed by atoms with Crippen molar-refractivity contribution < 1.29 is 53.4 Å². The molecule has 3 N–H and O–H groups in total. The molecule has 4 aliphatic carbocycles. The van der Waals surface area contributed by atoms with Gasteiger partial charge in [-0.25, -0.2) is 4.79 Å². The zero-order valence-electron chi connectivity index (χ0n) is 25.7. The highest BCUT2D eigenvalue weighted by Gasteiger charge is 2.83. The van der Waals surface area contributed by atoms with Crippen LogP contribution in [0.3, 0.4) is 0 Å². The Labute approximate surface area is 264 Å². The Hall–Kier alpha value is -3.60. The van der Waals surface area contributed by atoms with E-state index >= 15 is 0 Å². The highest BCUT2D eigenvalue weighted by atomic mass is 35.5. The van der Waals surface area contributed by atoms with E-state index in [-0.39, 0.29) is 29.9 Å². The average Bonchev–Trinajstić information content (AvgIpc) is 3.73. The molecule has 12 heteroatoms. The first-order valence-electron chi connectivity index (χ1n) is 14.6. The summed E-state index contributed by atoms with van der Waals surface area (Å²) in [7, 11) is 2.40. The molecule has 6 aliphatic rings. The summed E-state index contributed by atoms with van der Waals surface area (Å²) < 4.78 is 28.5. The molecule has 2 aliphatic heterocycles. The van der Waals surface area contributed by atoms with Crippen molar-refractivity contribution in [3.8, 4) is 11.5 Å². The number of phenols is 1. The van der Waals surface area contributed by atoms with Gasteiger partial charge in [-0.2, -0.15) is 0 Å². The van der Waals surface area contributed by atoms with E-state index in [1.54, 1.807) is 13.8 Å². The molecule has 1 saturated heterocycles. The van der Waals surface area contributed by atoms with Crippen molar-refractivity contribution >= 4 is 29.3 Å². The lowest BCUT2D eigenvalue weighted by Crippen LogP contribution is -2.79. The van der Waals surface area contributed by atoms with Crippen molar-refractivity contribution in [3.05, 3.63) is 64.1 Å². The number of aryl methyl sites for hydroxylation is 1. The van der Waals surface area contributed by atoms with Crippen molar-refractivity contribution in [2.75, 3.05) is 14.2 Å². The van der Waals surface area contributed by atoms with E-state index in [2.05, 4.69) is 5.73 Å². The van der Waals surface area contributed by atoms with Gasteiger partial charge in [0.2, 0.25) is 5.78 Å². The van der Waals surface area contributed by atoms with E-state index in [1.165, 1.54) is 31.4 Å². The number of aromatic hydroxyl groups is 1. The summed E-state index contributed by atoms with van der Waals surface area (Å²) in [5, 5.41) is 32.6. The Morgan fingerprint density at radius 1 is 1.20 bits per heavy atom. The Kier molecular flexibility index (Phi) is 6.94. The smallest absolute Gasteiger partial charge is 0.349 e. The maximum Gasteiger partial charge on any atom is 0.349 e. The highest BCUT2D eigenvalue weighted by Crippen LogP contribution is 2.68. The van der Waals surface area contributed by atoms with Crippen LogP contribution >= 0.6 is 11.6 Å². The third kappa shape index (κ3) is 3.98. The number of esters is 2. The maximum absolute atomic E-state index is 14.8. The second kappa shape index (κ2) is 9.95. The molecule has 8 atom stereocenters. The van der Waals surface area contributed by atoms with Gasteiger partial charge in [0.1, 0.15) is 40.6 Å². The maximum atomic E-state index is 14.8. The first-order chi connectivity index (χ1) is 21.1. The van der Waals surface area contributed by atoms with Gasteiger partial charge in [0.05, 0.1) is 20.3 Å². The Morgan fingerprint density at radius 3 is 2.56 bits per heavy atom. The molecular weight excluding hydrogens is 608 g/mol. The van der Waals surface area contributed by atoms with Crippen LogP contribution in [0.5, 0.6) is 11.5 Å². The first kappa shape index (κ1) is 31.4. The summed E-state index contributed by atoms with van der Waals surface area (Å²) >= 11 is 7.28. The lowest BCUT2D eigenvalue weighted by Gasteiger charge is -2.61. The molecule has 0 amide bonds. The van der Waals surface area contributed by atoms with Crippen molar-refractivity contribution in [3.63, 3.8) is 0 Å². The van der Waals surface area contributed by atoms with E-state index in [1.807, 2.05) is 19.9 Å². The van der Waals surface area contributed by atoms with E-state index in [0.29, 0.717) is 17.6 Å². The van der Waals surface area contributed by atoms with E-state index in [4.69, 9.17) is 35.3 Å². The van der Waals surface area contributed by atoms with Gasteiger partial charge in [0.15, 0.2) is 10.3 Å². The van der Waals surface area contributed by atoms with Gasteiger partial charge in [-0.1, -0.05) is 18.6 Å². The molecule has 2 saturated carbocycles. The fourth-order valence-corrected chi connectivity index (χ4v) is 7.79. The van der Waals surface area contributed by atoms with Crippen LogP contribution in [0.4, 0.5) is 0 Å². The van der Waals surface area contributed by atoms with Crippen molar-refractivity contribution in [2.45, 2.75) is 81.5 Å². The monoisotopic (exact) mass is 642 g/mol. The number of alkyl halides is 1. The molecule has 45 heavy (non-hydrogen) atoms. The molecular formula is C33H35ClO11. The van der Waals surface area contributed by atoms with Crippen LogP contribution in [0.1, 0.15) is 56.0 Å². The van der Waals surface area contributed by atoms with Crippen LogP contribution in [0, 0.1) is 17.8 Å². The molecule has 7 rings (SSSR count). The fourth-order valence-electron chi connectivity index (χ4n) is 7.41. The number of carbonyl (C=O) groups excluding carboxylic acids is 3. The number of aliphatic hydroxyl groups excluding tert-OH is 2. The number of aliphatic hydroxyl groups is 2. The van der Waals surface area contributed by atoms with Gasteiger partial charge >= 0.3 is 17.7 Å². The van der Waals surface area contributed by atoms with Gasteiger partial charge < -0.3 is 39.0 Å². The van der Waals surface area contributed by atoms with E-state index < -0.39 is 68.9 Å². The molecule has 0 aromatic heterocycles. The molecule has 11 nitrogen and oxygen atoms in total. The molecule has 0 radical (unpaired) electrons. The Balaban J connectivity index is 1.51. The number of Topliss-reactive ketones (excluding diaryl/α,β-unsaturated/α-hetero) is 1. The standard InChI is InChI=1S/C33H35ClO11/c1-16(2)7-10-31-24(37)18(13-20(36)25(31)44-31)8-9-29(4)15-30(28(40)42-6)14-22(41-5)32(29,34)27(39)33(30)43-21-12-17(3)11-19(35)23(21)26(38)45-33/h7,9,11-12,14,20,24-25,35-37H,10,13,15H2,1-6H3/t8?,20-,24+,25-,29+,30-,31-,32+,33+/m1/s1. The number of hydrogen-bond acceptors (Lipinski definition) is 11. The molecule has 1 aromatic carbocycles. The van der Waals surface area contributed by atoms with Crippen LogP contribution < -0.4 is 4.74 Å². The van der Waals surface area contributed by atoms with E-state index in [0.717, 1.165) is 12.7 Å². The summed E-state index contributed by atoms with van der Waals surface area (Å²) in [5.41, 5.74) is 0.0716. The number of fused-ring (bicyclic) bond motifs is 3. The molecule has 2 bridgehead atoms. The molecule has 0 unspecified atom stereocenters. The number of methoxy groups -OCH3 is 2. The summed E-state index contributed by atoms with van der Waals surface area (Å²) in [4.78, 5) is 39.9. The zero-order valence-corrected chi connectivity index (χ0v) is 26.5. The molecule has 240 valence electrons. The number of ether oxygens (including phenoxy) is 5. The highest BCUT2D eigenvalue weighted by molar-refractivity contribution is 6.41. The number of epoxide rings is 1. The topological polar surface area (TPSA) is 161 Å². The van der Waals surface area contributed by atoms with Crippen molar-refractivity contribution in [1.29, 1.82) is 0 Å². The number of phenolic OH excluding ortho intramolecular Hbond substituents is 1. The minimum absolute atomic E-state index is 0.0532. The van der Waals surface area contributed by atoms with Gasteiger partial charge in [0.25, 0.3) is 0 Å². The molecule has 3 fully saturated rings. The summed E-state index contributed by atoms with van der Waals surface area (Å²) in [5.74, 6) is -6.37. The van der Waals surface area contributed by atoms with Crippen LogP contribution in [-0.4, -0.2) is 81.8 Å². The SMILES string of the molecule is COC(=O)[C@]12C=C(OC)[C@](Cl)(C(=O)[C@]13OC(=O)c1c(O)cc(C)cc1O3)[C@@](C)(C=C=C1C[C@@H](O)[C@H]3O[C@]3(CC=C(C)C)[C@H]1O)C2. The predicted octanol–water partition coefficient (Wildman–Crippen LogP) is 3.31. The van der Waals surface area contributed by atoms with Gasteiger partial charge in [-0.15, -0.1) is 17.3 Å². The lowest BCUT2D eigenvalue weighted by molar-refractivity contribution is -0.244. The van der Waals surface area contributed by atoms with Crippen molar-refractivity contribution in [2.24, 2.45) is 10.8 Å². The number of carbonyl (C=O) groups is 3. The minimum Gasteiger partial charge on any atom is -0.507 e. The largest absolute Gasteiger partial charge is 0.507 e. The van der Waals surface area contributed by atoms with Crippen LogP contribution in [0.25, 0.3) is 0 Å². The summed E-state index contributed by atoms with van der Waals surface area (Å²) in [6.45, 7) is 7.11. The normalized spacial score (nSPS) is 39.0. The fraction of sp³-hybridized carbons (Fsp3) is 0.515. The van der Waals surface area contributed by atoms with Gasteiger partial charge in [0, 0.05) is 23.8 Å². The first-order valence-corrected chi connectivity index (χ1v) is 14.9. The second-order valence-electron chi connectivity index (χ2n) is 13.0. The van der Waals surface area contributed by atoms with Crippen LogP contribution in [0.2, 0.25) is 0 Å². The second-order valence-corrected chi connectivity index (χ2v) is 13.6. The third-order valence-corrected chi connectivity index (χ3v) is 10.6. The number of halogens is 1. The number of rotatable bonds is 5. The van der Waals surface area contributed by atoms with Crippen LogP contribution in [-0.2, 0) is 28.5 Å². The zero-order chi connectivity index (χ0) is 32.9. The van der Waals surface area contributed by atoms with Crippen LogP contribution in [0.15, 0.2) is 53.0 Å². The Morgan fingerprint density at radius 2 is 1.91 bits per heavy atom. The predicted molar refractivity (Wildman–Crippen MR) is 157 cm³/mol. The number of allylic oxidation sites excluding steroid dienone is 2. The summed E-state index contributed by atoms with van der Waals surface area (Å²) in [6.07, 6.45) is 2.30. The third-order valence-electron chi connectivity index (χ3n) is 9.79. The quantitative estimate of drug-likeness (QED) is 0.142.